The molecule has 0 radical (unpaired) electrons. The summed E-state index contributed by atoms with van der Waals surface area (Å²) in [6.07, 6.45) is 4.73. The zero-order valence-electron chi connectivity index (χ0n) is 13.0. The van der Waals surface area contributed by atoms with Crippen LogP contribution in [0.25, 0.3) is 0 Å². The zero-order chi connectivity index (χ0) is 15.2. The Morgan fingerprint density at radius 3 is 2.67 bits per heavy atom. The minimum absolute atomic E-state index is 0.0570. The number of carbonyl (C=O) groups is 1. The van der Waals surface area contributed by atoms with Crippen LogP contribution in [0.1, 0.15) is 50.6 Å². The molecule has 116 valence electrons. The fourth-order valence-electron chi connectivity index (χ4n) is 3.01. The van der Waals surface area contributed by atoms with Gasteiger partial charge in [0.2, 0.25) is 5.91 Å². The molecule has 1 saturated carbocycles. The van der Waals surface area contributed by atoms with Gasteiger partial charge in [-0.25, -0.2) is 0 Å². The van der Waals surface area contributed by atoms with Crippen molar-refractivity contribution in [2.45, 2.75) is 51.1 Å². The van der Waals surface area contributed by atoms with Gasteiger partial charge in [0, 0.05) is 12.0 Å². The number of nitrogens with two attached hydrogens (primary N) is 1. The van der Waals surface area contributed by atoms with Gasteiger partial charge in [-0.1, -0.05) is 25.5 Å². The molecule has 0 bridgehead atoms. The van der Waals surface area contributed by atoms with Crippen molar-refractivity contribution in [2.24, 2.45) is 11.7 Å². The standard InChI is InChI=1S/C17H26N2O2/c1-3-16(12-7-9-15(21-2)10-8-12)19-17(20)13-5-4-6-14(18)11-13/h7-10,13-14,16H,3-6,11,18H2,1-2H3,(H,19,20). The molecule has 21 heavy (non-hydrogen) atoms. The number of methoxy groups -OCH3 is 1. The van der Waals surface area contributed by atoms with Crippen molar-refractivity contribution in [3.05, 3.63) is 29.8 Å². The van der Waals surface area contributed by atoms with Gasteiger partial charge in [-0.3, -0.25) is 4.79 Å². The maximum atomic E-state index is 12.4. The molecule has 3 atom stereocenters. The van der Waals surface area contributed by atoms with Crippen LogP contribution < -0.4 is 15.8 Å². The number of amides is 1. The number of benzene rings is 1. The number of nitrogens with one attached hydrogen (secondary N) is 1. The second kappa shape index (κ2) is 7.46. The quantitative estimate of drug-likeness (QED) is 0.876. The lowest BCUT2D eigenvalue weighted by Gasteiger charge is -2.28. The highest BCUT2D eigenvalue weighted by Gasteiger charge is 2.26. The number of carbonyl (C=O) groups excluding carboxylic acids is 1. The first-order valence-corrected chi connectivity index (χ1v) is 7.84. The largest absolute Gasteiger partial charge is 0.497 e. The molecule has 1 aromatic rings. The lowest BCUT2D eigenvalue weighted by atomic mass is 9.85. The molecule has 0 spiro atoms. The molecular weight excluding hydrogens is 264 g/mol. The van der Waals surface area contributed by atoms with Gasteiger partial charge >= 0.3 is 0 Å². The van der Waals surface area contributed by atoms with Gasteiger partial charge in [-0.2, -0.15) is 0 Å². The summed E-state index contributed by atoms with van der Waals surface area (Å²) in [4.78, 5) is 12.4. The fourth-order valence-corrected chi connectivity index (χ4v) is 3.01. The maximum Gasteiger partial charge on any atom is 0.223 e. The minimum atomic E-state index is 0.0570. The van der Waals surface area contributed by atoms with Crippen LogP contribution in [-0.4, -0.2) is 19.1 Å². The highest BCUT2D eigenvalue weighted by molar-refractivity contribution is 5.79. The molecule has 0 aromatic heterocycles. The molecule has 0 aliphatic heterocycles. The van der Waals surface area contributed by atoms with Gasteiger partial charge in [0.1, 0.15) is 5.75 Å². The van der Waals surface area contributed by atoms with Crippen LogP contribution in [0.15, 0.2) is 24.3 Å². The Balaban J connectivity index is 1.98. The van der Waals surface area contributed by atoms with Crippen LogP contribution in [0.4, 0.5) is 0 Å². The summed E-state index contributed by atoms with van der Waals surface area (Å²) >= 11 is 0. The van der Waals surface area contributed by atoms with Crippen molar-refractivity contribution in [3.8, 4) is 5.75 Å². The van der Waals surface area contributed by atoms with E-state index < -0.39 is 0 Å². The molecule has 1 aliphatic rings. The van der Waals surface area contributed by atoms with E-state index in [0.29, 0.717) is 0 Å². The maximum absolute atomic E-state index is 12.4. The Morgan fingerprint density at radius 1 is 1.38 bits per heavy atom. The van der Waals surface area contributed by atoms with Gasteiger partial charge in [0.15, 0.2) is 0 Å². The van der Waals surface area contributed by atoms with Gasteiger partial charge < -0.3 is 15.8 Å². The Kier molecular flexibility index (Phi) is 5.62. The first-order chi connectivity index (χ1) is 10.1. The van der Waals surface area contributed by atoms with Crippen molar-refractivity contribution in [1.29, 1.82) is 0 Å². The van der Waals surface area contributed by atoms with Crippen LogP contribution in [-0.2, 0) is 4.79 Å². The molecule has 0 saturated heterocycles. The summed E-state index contributed by atoms with van der Waals surface area (Å²) < 4.78 is 5.17. The molecule has 1 aromatic carbocycles. The van der Waals surface area contributed by atoms with Crippen LogP contribution in [0.5, 0.6) is 5.75 Å². The highest BCUT2D eigenvalue weighted by Crippen LogP contribution is 2.25. The van der Waals surface area contributed by atoms with Crippen molar-refractivity contribution in [2.75, 3.05) is 7.11 Å². The van der Waals surface area contributed by atoms with E-state index in [1.165, 1.54) is 0 Å². The summed E-state index contributed by atoms with van der Waals surface area (Å²) in [6, 6.07) is 8.12. The van der Waals surface area contributed by atoms with Gasteiger partial charge in [0.25, 0.3) is 0 Å². The monoisotopic (exact) mass is 290 g/mol. The summed E-state index contributed by atoms with van der Waals surface area (Å²) in [5, 5.41) is 3.18. The number of hydrogen-bond donors (Lipinski definition) is 2. The molecule has 1 amide bonds. The fraction of sp³-hybridized carbons (Fsp3) is 0.588. The number of rotatable bonds is 5. The van der Waals surface area contributed by atoms with Crippen molar-refractivity contribution < 1.29 is 9.53 Å². The molecule has 1 aliphatic carbocycles. The summed E-state index contributed by atoms with van der Waals surface area (Å²) in [7, 11) is 1.65. The van der Waals surface area contributed by atoms with Crippen LogP contribution in [0, 0.1) is 5.92 Å². The van der Waals surface area contributed by atoms with Crippen molar-refractivity contribution in [1.82, 2.24) is 5.32 Å². The third-order valence-corrected chi connectivity index (χ3v) is 4.33. The van der Waals surface area contributed by atoms with Crippen LogP contribution >= 0.6 is 0 Å². The van der Waals surface area contributed by atoms with E-state index in [1.54, 1.807) is 7.11 Å². The van der Waals surface area contributed by atoms with Crippen LogP contribution in [0.2, 0.25) is 0 Å². The summed E-state index contributed by atoms with van der Waals surface area (Å²) in [5.41, 5.74) is 7.09. The topological polar surface area (TPSA) is 64.4 Å². The molecule has 1 fully saturated rings. The average Bonchev–Trinajstić information content (AvgIpc) is 2.52. The predicted molar refractivity (Wildman–Crippen MR) is 84.1 cm³/mol. The molecular formula is C17H26N2O2. The lowest BCUT2D eigenvalue weighted by Crippen LogP contribution is -2.39. The second-order valence-corrected chi connectivity index (χ2v) is 5.87. The van der Waals surface area contributed by atoms with E-state index in [9.17, 15) is 4.79 Å². The summed E-state index contributed by atoms with van der Waals surface area (Å²) in [5.74, 6) is 1.05. The van der Waals surface area contributed by atoms with Gasteiger partial charge in [-0.05, 0) is 43.4 Å². The van der Waals surface area contributed by atoms with E-state index in [2.05, 4.69) is 12.2 Å². The SMILES string of the molecule is CCC(NC(=O)C1CCCC(N)C1)c1ccc(OC)cc1. The number of ether oxygens (including phenoxy) is 1. The van der Waals surface area contributed by atoms with Crippen molar-refractivity contribution in [3.63, 3.8) is 0 Å². The number of hydrogen-bond acceptors (Lipinski definition) is 3. The Hall–Kier alpha value is -1.55. The normalized spacial score (nSPS) is 23.4. The molecule has 3 unspecified atom stereocenters. The highest BCUT2D eigenvalue weighted by atomic mass is 16.5. The van der Waals surface area contributed by atoms with E-state index in [1.807, 2.05) is 24.3 Å². The molecule has 3 N–H and O–H groups in total. The second-order valence-electron chi connectivity index (χ2n) is 5.87. The Morgan fingerprint density at radius 2 is 2.10 bits per heavy atom. The first kappa shape index (κ1) is 15.8. The molecule has 2 rings (SSSR count). The van der Waals surface area contributed by atoms with E-state index in [4.69, 9.17) is 10.5 Å². The minimum Gasteiger partial charge on any atom is -0.497 e. The Labute approximate surface area is 127 Å². The van der Waals surface area contributed by atoms with E-state index >= 15 is 0 Å². The van der Waals surface area contributed by atoms with Crippen LogP contribution in [0.3, 0.4) is 0 Å². The van der Waals surface area contributed by atoms with Gasteiger partial charge in [0.05, 0.1) is 13.2 Å². The van der Waals surface area contributed by atoms with E-state index in [-0.39, 0.29) is 23.9 Å². The first-order valence-electron chi connectivity index (χ1n) is 7.84. The zero-order valence-corrected chi connectivity index (χ0v) is 13.0. The van der Waals surface area contributed by atoms with E-state index in [0.717, 1.165) is 43.4 Å². The smallest absolute Gasteiger partial charge is 0.223 e. The molecule has 0 heterocycles. The Bertz CT molecular complexity index is 458. The molecule has 4 heteroatoms. The lowest BCUT2D eigenvalue weighted by molar-refractivity contribution is -0.126. The summed E-state index contributed by atoms with van der Waals surface area (Å²) in [6.45, 7) is 2.09. The van der Waals surface area contributed by atoms with Crippen molar-refractivity contribution >= 4 is 5.91 Å². The third kappa shape index (κ3) is 4.21. The average molecular weight is 290 g/mol. The van der Waals surface area contributed by atoms with Gasteiger partial charge in [-0.15, -0.1) is 0 Å². The predicted octanol–water partition coefficient (Wildman–Crippen LogP) is 2.78. The molecule has 4 nitrogen and oxygen atoms in total. The third-order valence-electron chi connectivity index (χ3n) is 4.33.